The molecule has 0 saturated carbocycles. The van der Waals surface area contributed by atoms with Gasteiger partial charge in [-0.05, 0) is 70.8 Å². The van der Waals surface area contributed by atoms with E-state index >= 15 is 0 Å². The molecular weight excluding hydrogens is 603 g/mol. The molecule has 0 amide bonds. The highest BCUT2D eigenvalue weighted by Gasteiger charge is 2.23. The van der Waals surface area contributed by atoms with E-state index < -0.39 is 0 Å². The summed E-state index contributed by atoms with van der Waals surface area (Å²) in [4.78, 5) is 10.0. The molecular formula is C44H35N3O2. The minimum Gasteiger partial charge on any atom is -0.453 e. The number of nitrogens with zero attached hydrogens (tertiary/aromatic N) is 3. The van der Waals surface area contributed by atoms with Crippen molar-refractivity contribution in [2.24, 2.45) is 0 Å². The van der Waals surface area contributed by atoms with E-state index in [0.717, 1.165) is 60.5 Å². The van der Waals surface area contributed by atoms with Crippen LogP contribution in [0.25, 0.3) is 71.7 Å². The second kappa shape index (κ2) is 11.3. The molecule has 6 aromatic carbocycles. The number of fused-ring (bicyclic) bond motifs is 8. The summed E-state index contributed by atoms with van der Waals surface area (Å²) in [6.45, 7) is 9.04. The Morgan fingerprint density at radius 3 is 2.29 bits per heavy atom. The Hall–Kier alpha value is -5.94. The van der Waals surface area contributed by atoms with Crippen LogP contribution < -0.4 is 4.74 Å². The van der Waals surface area contributed by atoms with Gasteiger partial charge in [0.15, 0.2) is 11.3 Å². The molecule has 49 heavy (non-hydrogen) atoms. The summed E-state index contributed by atoms with van der Waals surface area (Å²) >= 11 is 0. The predicted molar refractivity (Wildman–Crippen MR) is 201 cm³/mol. The Bertz CT molecular complexity index is 2690. The van der Waals surface area contributed by atoms with Crippen molar-refractivity contribution in [3.8, 4) is 28.6 Å². The molecule has 9 aromatic rings. The highest BCUT2D eigenvalue weighted by Crippen LogP contribution is 2.44. The molecule has 3 heterocycles. The molecule has 0 bridgehead atoms. The van der Waals surface area contributed by atoms with Gasteiger partial charge in [0.1, 0.15) is 17.2 Å². The summed E-state index contributed by atoms with van der Waals surface area (Å²) in [6.07, 6.45) is 1.84. The zero-order valence-corrected chi connectivity index (χ0v) is 27.9. The number of hydrogen-bond acceptors (Lipinski definition) is 4. The number of aromatic nitrogens is 3. The van der Waals surface area contributed by atoms with Gasteiger partial charge in [0.05, 0.1) is 22.2 Å². The number of ether oxygens (including phenoxy) is 1. The molecule has 0 aliphatic rings. The Kier molecular flexibility index (Phi) is 6.76. The lowest BCUT2D eigenvalue weighted by atomic mass is 9.92. The average Bonchev–Trinajstić information content (AvgIpc) is 3.71. The summed E-state index contributed by atoms with van der Waals surface area (Å²) in [7, 11) is 0. The number of imidazole rings is 1. The van der Waals surface area contributed by atoms with E-state index in [1.807, 2.05) is 42.6 Å². The van der Waals surface area contributed by atoms with Crippen LogP contribution in [0, 0.1) is 0 Å². The number of benzene rings is 6. The molecule has 0 N–H and O–H groups in total. The second-order valence-corrected chi connectivity index (χ2v) is 13.4. The lowest BCUT2D eigenvalue weighted by Gasteiger charge is -2.22. The maximum Gasteiger partial charge on any atom is 0.178 e. The molecule has 0 aliphatic carbocycles. The van der Waals surface area contributed by atoms with Gasteiger partial charge in [-0.2, -0.15) is 0 Å². The maximum absolute atomic E-state index is 6.83. The molecule has 0 atom stereocenters. The van der Waals surface area contributed by atoms with E-state index in [-0.39, 0.29) is 0 Å². The molecule has 238 valence electrons. The lowest BCUT2D eigenvalue weighted by molar-refractivity contribution is 0.477. The Labute approximate surface area is 284 Å². The van der Waals surface area contributed by atoms with Gasteiger partial charge in [0, 0.05) is 33.3 Å². The summed E-state index contributed by atoms with van der Waals surface area (Å²) in [5, 5.41) is 5.27. The van der Waals surface area contributed by atoms with Crippen LogP contribution in [-0.2, 0) is 0 Å². The van der Waals surface area contributed by atoms with Crippen molar-refractivity contribution in [2.75, 3.05) is 0 Å². The van der Waals surface area contributed by atoms with E-state index in [1.54, 1.807) is 0 Å². The first-order chi connectivity index (χ1) is 24.0. The van der Waals surface area contributed by atoms with Gasteiger partial charge in [-0.3, -0.25) is 9.55 Å². The Morgan fingerprint density at radius 2 is 1.45 bits per heavy atom. The fraction of sp³-hybridized carbons (Fsp3) is 0.136. The highest BCUT2D eigenvalue weighted by molar-refractivity contribution is 6.24. The molecule has 5 heteroatoms. The molecule has 0 aliphatic heterocycles. The van der Waals surface area contributed by atoms with E-state index in [0.29, 0.717) is 28.9 Å². The molecule has 9 rings (SSSR count). The van der Waals surface area contributed by atoms with Crippen molar-refractivity contribution in [2.45, 2.75) is 39.5 Å². The number of hydrogen-bond donors (Lipinski definition) is 0. The van der Waals surface area contributed by atoms with Crippen molar-refractivity contribution < 1.29 is 9.15 Å². The lowest BCUT2D eigenvalue weighted by Crippen LogP contribution is -2.08. The molecule has 3 aromatic heterocycles. The van der Waals surface area contributed by atoms with Gasteiger partial charge in [-0.1, -0.05) is 107 Å². The van der Waals surface area contributed by atoms with Crippen LogP contribution in [0.2, 0.25) is 0 Å². The van der Waals surface area contributed by atoms with Crippen molar-refractivity contribution in [1.82, 2.24) is 14.5 Å². The van der Waals surface area contributed by atoms with E-state index in [2.05, 4.69) is 117 Å². The van der Waals surface area contributed by atoms with Crippen molar-refractivity contribution in [1.29, 1.82) is 0 Å². The van der Waals surface area contributed by atoms with E-state index in [9.17, 15) is 0 Å². The first-order valence-electron chi connectivity index (χ1n) is 17.0. The summed E-state index contributed by atoms with van der Waals surface area (Å²) in [5.41, 5.74) is 9.28. The van der Waals surface area contributed by atoms with Gasteiger partial charge < -0.3 is 9.15 Å². The Balaban J connectivity index is 1.25. The minimum absolute atomic E-state index is 0.335. The fourth-order valence-electron chi connectivity index (χ4n) is 7.33. The fourth-order valence-corrected chi connectivity index (χ4v) is 7.33. The third-order valence-electron chi connectivity index (χ3n) is 9.62. The standard InChI is InChI=1S/C44H35N3O2/c1-26(2)31-16-10-17-32(27(3)4)42(31)47-37-19-7-6-18-36(37)46-44(47)29-12-9-14-30(24-29)48-39-25-35-33(22-21-28-13-11-23-45-41(28)35)40-34-15-5-8-20-38(34)49-43(39)40/h5-27H,1-4H3. The summed E-state index contributed by atoms with van der Waals surface area (Å²) in [5.74, 6) is 2.90. The van der Waals surface area contributed by atoms with Crippen LogP contribution in [0.15, 0.2) is 132 Å². The highest BCUT2D eigenvalue weighted by atomic mass is 16.5. The van der Waals surface area contributed by atoms with Crippen molar-refractivity contribution >= 4 is 54.6 Å². The smallest absolute Gasteiger partial charge is 0.178 e. The second-order valence-electron chi connectivity index (χ2n) is 13.4. The largest absolute Gasteiger partial charge is 0.453 e. The third-order valence-corrected chi connectivity index (χ3v) is 9.62. The molecule has 0 unspecified atom stereocenters. The van der Waals surface area contributed by atoms with Crippen LogP contribution in [0.4, 0.5) is 0 Å². The zero-order valence-electron chi connectivity index (χ0n) is 27.9. The quantitative estimate of drug-likeness (QED) is 0.170. The first-order valence-corrected chi connectivity index (χ1v) is 17.0. The Morgan fingerprint density at radius 1 is 0.673 bits per heavy atom. The normalized spacial score (nSPS) is 12.0. The van der Waals surface area contributed by atoms with Gasteiger partial charge >= 0.3 is 0 Å². The number of furan rings is 1. The SMILES string of the molecule is CC(C)c1cccc(C(C)C)c1-n1c(-c2cccc(Oc3cc4c(ccc5cccnc54)c4c3oc3ccccc34)c2)nc2ccccc21. The molecule has 0 spiro atoms. The summed E-state index contributed by atoms with van der Waals surface area (Å²) < 4.78 is 15.7. The molecule has 5 nitrogen and oxygen atoms in total. The average molecular weight is 638 g/mol. The zero-order chi connectivity index (χ0) is 33.2. The van der Waals surface area contributed by atoms with Gasteiger partial charge in [-0.15, -0.1) is 0 Å². The van der Waals surface area contributed by atoms with Gasteiger partial charge in [-0.25, -0.2) is 4.98 Å². The van der Waals surface area contributed by atoms with Gasteiger partial charge in [0.2, 0.25) is 0 Å². The van der Waals surface area contributed by atoms with Crippen LogP contribution in [0.3, 0.4) is 0 Å². The molecule has 0 fully saturated rings. The van der Waals surface area contributed by atoms with Gasteiger partial charge in [0.25, 0.3) is 0 Å². The van der Waals surface area contributed by atoms with Crippen molar-refractivity contribution in [3.05, 3.63) is 139 Å². The predicted octanol–water partition coefficient (Wildman–Crippen LogP) is 12.3. The number of para-hydroxylation sites is 4. The summed E-state index contributed by atoms with van der Waals surface area (Å²) in [6, 6.07) is 41.9. The number of rotatable bonds is 6. The first kappa shape index (κ1) is 29.2. The number of pyridine rings is 1. The topological polar surface area (TPSA) is 53.1 Å². The molecule has 0 radical (unpaired) electrons. The monoisotopic (exact) mass is 637 g/mol. The third kappa shape index (κ3) is 4.68. The minimum atomic E-state index is 0.335. The maximum atomic E-state index is 6.83. The van der Waals surface area contributed by atoms with Crippen LogP contribution in [0.1, 0.15) is 50.7 Å². The van der Waals surface area contributed by atoms with Crippen LogP contribution in [-0.4, -0.2) is 14.5 Å². The van der Waals surface area contributed by atoms with Crippen molar-refractivity contribution in [3.63, 3.8) is 0 Å². The van der Waals surface area contributed by atoms with Crippen LogP contribution in [0.5, 0.6) is 11.5 Å². The molecule has 0 saturated heterocycles. The van der Waals surface area contributed by atoms with E-state index in [1.165, 1.54) is 16.8 Å². The van der Waals surface area contributed by atoms with E-state index in [4.69, 9.17) is 19.1 Å². The van der Waals surface area contributed by atoms with Crippen LogP contribution >= 0.6 is 0 Å².